The average molecular weight is 517 g/mol. The zero-order valence-electron chi connectivity index (χ0n) is 20.0. The van der Waals surface area contributed by atoms with Crippen molar-refractivity contribution in [2.24, 2.45) is 11.1 Å². The van der Waals surface area contributed by atoms with Crippen molar-refractivity contribution >= 4 is 48.6 Å². The Kier molecular flexibility index (Phi) is 6.05. The fourth-order valence-corrected chi connectivity index (χ4v) is 6.79. The van der Waals surface area contributed by atoms with E-state index in [4.69, 9.17) is 30.2 Å². The first-order valence-corrected chi connectivity index (χ1v) is 13.2. The molecule has 6 rings (SSSR count). The van der Waals surface area contributed by atoms with Crippen LogP contribution in [0.2, 0.25) is 5.02 Å². The van der Waals surface area contributed by atoms with E-state index in [1.165, 1.54) is 17.3 Å². The number of fused-ring (bicyclic) bond motifs is 2. The van der Waals surface area contributed by atoms with Crippen LogP contribution in [-0.4, -0.2) is 51.7 Å². The Balaban J connectivity index is 1.27. The van der Waals surface area contributed by atoms with E-state index in [0.29, 0.717) is 10.8 Å². The second-order valence-electron chi connectivity index (χ2n) is 9.45. The molecule has 4 aromatic rings. The van der Waals surface area contributed by atoms with Crippen molar-refractivity contribution in [2.75, 3.05) is 29.8 Å². The van der Waals surface area contributed by atoms with Gasteiger partial charge in [0.15, 0.2) is 5.65 Å². The van der Waals surface area contributed by atoms with Gasteiger partial charge in [0.25, 0.3) is 0 Å². The number of nitrogens with two attached hydrogens (primary N) is 1. The maximum absolute atomic E-state index is 6.75. The fraction of sp³-hybridized carbons (Fsp3) is 0.360. The molecule has 1 atom stereocenters. The third-order valence-corrected chi connectivity index (χ3v) is 9.21. The minimum absolute atomic E-state index is 0.0360. The van der Waals surface area contributed by atoms with Crippen LogP contribution in [0.5, 0.6) is 0 Å². The highest BCUT2D eigenvalue weighted by atomic mass is 35.5. The smallest absolute Gasteiger partial charge is 0.211 e. The Hall–Kier alpha value is -2.82. The van der Waals surface area contributed by atoms with Gasteiger partial charge in [-0.05, 0) is 55.7 Å². The van der Waals surface area contributed by atoms with Gasteiger partial charge in [0.2, 0.25) is 5.95 Å². The summed E-state index contributed by atoms with van der Waals surface area (Å²) < 4.78 is 2.08. The molecule has 0 saturated carbocycles. The third kappa shape index (κ3) is 3.83. The van der Waals surface area contributed by atoms with Crippen molar-refractivity contribution in [1.29, 1.82) is 0 Å². The topological polar surface area (TPSA) is 97.3 Å². The van der Waals surface area contributed by atoms with Gasteiger partial charge in [0.05, 0.1) is 23.5 Å². The molecule has 1 spiro atoms. The minimum atomic E-state index is 0.0360. The highest BCUT2D eigenvalue weighted by molar-refractivity contribution is 7.99. The first-order chi connectivity index (χ1) is 17.5. The number of halogens is 1. The lowest BCUT2D eigenvalue weighted by atomic mass is 9.73. The maximum atomic E-state index is 6.75. The number of nitrogens with zero attached hydrogens (tertiary/aromatic N) is 6. The van der Waals surface area contributed by atoms with E-state index in [-0.39, 0.29) is 17.9 Å². The molecule has 1 fully saturated rings. The molecule has 11 heteroatoms. The summed E-state index contributed by atoms with van der Waals surface area (Å²) in [5.41, 5.74) is 11.0. The number of aromatic nitrogens is 5. The lowest BCUT2D eigenvalue weighted by molar-refractivity contribution is 0.186. The first kappa shape index (κ1) is 23.6. The Bertz CT molecular complexity index is 1440. The third-order valence-electron chi connectivity index (χ3n) is 7.47. The van der Waals surface area contributed by atoms with Gasteiger partial charge in [0, 0.05) is 54.5 Å². The second-order valence-corrected chi connectivity index (χ2v) is 10.9. The molecular weight excluding hydrogens is 491 g/mol. The Morgan fingerprint density at radius 3 is 2.81 bits per heavy atom. The molecule has 1 aliphatic carbocycles. The van der Waals surface area contributed by atoms with Crippen molar-refractivity contribution in [3.05, 3.63) is 65.0 Å². The predicted octanol–water partition coefficient (Wildman–Crippen LogP) is 4.01. The number of nitrogens with one attached hydrogen (secondary N) is 1. The number of piperidine rings is 1. The quantitative estimate of drug-likeness (QED) is 0.384. The zero-order chi connectivity index (χ0) is 24.9. The number of pyridine rings is 2. The maximum Gasteiger partial charge on any atom is 0.211 e. The van der Waals surface area contributed by atoms with Crippen LogP contribution in [0, 0.1) is 12.3 Å². The summed E-state index contributed by atoms with van der Waals surface area (Å²) in [5, 5.41) is 3.53. The van der Waals surface area contributed by atoms with Crippen molar-refractivity contribution in [2.45, 2.75) is 42.0 Å². The molecule has 8 nitrogen and oxygen atoms in total. The van der Waals surface area contributed by atoms with E-state index < -0.39 is 0 Å². The van der Waals surface area contributed by atoms with Gasteiger partial charge >= 0.3 is 0 Å². The van der Waals surface area contributed by atoms with E-state index in [1.54, 1.807) is 6.20 Å². The number of anilines is 2. The van der Waals surface area contributed by atoms with Crippen LogP contribution in [0.3, 0.4) is 0 Å². The predicted molar refractivity (Wildman–Crippen MR) is 144 cm³/mol. The van der Waals surface area contributed by atoms with Crippen molar-refractivity contribution in [3.8, 4) is 0 Å². The minimum Gasteiger partial charge on any atom is -0.378 e. The Morgan fingerprint density at radius 2 is 2.03 bits per heavy atom. The number of imidazole rings is 1. The van der Waals surface area contributed by atoms with Crippen LogP contribution >= 0.6 is 23.4 Å². The summed E-state index contributed by atoms with van der Waals surface area (Å²) in [6.07, 6.45) is 10.6. The average Bonchev–Trinajstić information content (AvgIpc) is 3.47. The zero-order valence-corrected chi connectivity index (χ0v) is 21.6. The molecule has 36 heavy (non-hydrogen) atoms. The van der Waals surface area contributed by atoms with Crippen molar-refractivity contribution in [1.82, 2.24) is 24.3 Å². The summed E-state index contributed by atoms with van der Waals surface area (Å²) >= 11 is 8.14. The molecule has 0 aromatic carbocycles. The normalized spacial score (nSPS) is 18.6. The highest BCUT2D eigenvalue weighted by Crippen LogP contribution is 2.50. The van der Waals surface area contributed by atoms with Gasteiger partial charge in [-0.2, -0.15) is 0 Å². The van der Waals surface area contributed by atoms with Crippen LogP contribution < -0.4 is 16.0 Å². The molecule has 0 unspecified atom stereocenters. The van der Waals surface area contributed by atoms with Crippen molar-refractivity contribution < 1.29 is 0 Å². The molecule has 2 aliphatic rings. The van der Waals surface area contributed by atoms with Gasteiger partial charge in [-0.1, -0.05) is 29.4 Å². The van der Waals surface area contributed by atoms with E-state index in [1.807, 2.05) is 37.6 Å². The molecule has 2 radical (unpaired) electrons. The molecule has 5 heterocycles. The molecular formula is C25H26BClN8S. The van der Waals surface area contributed by atoms with Gasteiger partial charge in [-0.15, -0.1) is 0 Å². The molecule has 4 aromatic heterocycles. The van der Waals surface area contributed by atoms with Gasteiger partial charge in [-0.3, -0.25) is 9.38 Å². The van der Waals surface area contributed by atoms with Crippen LogP contribution in [0.25, 0.3) is 5.65 Å². The van der Waals surface area contributed by atoms with Crippen LogP contribution in [0.4, 0.5) is 11.8 Å². The largest absolute Gasteiger partial charge is 0.378 e. The summed E-state index contributed by atoms with van der Waals surface area (Å²) in [6.45, 7) is 3.80. The summed E-state index contributed by atoms with van der Waals surface area (Å²) in [6, 6.07) is 6.05. The lowest BCUT2D eigenvalue weighted by Crippen LogP contribution is -2.45. The Morgan fingerprint density at radius 1 is 1.19 bits per heavy atom. The SMILES string of the molecule is [B]CNc1nccc(Sc2c(C)nc(N3CCC4(CC3)Cc3ncccc3[C@H]4N)n3ccnc23)c1Cl. The summed E-state index contributed by atoms with van der Waals surface area (Å²) in [5.74, 6) is 1.48. The number of rotatable bonds is 5. The van der Waals surface area contributed by atoms with Crippen LogP contribution in [-0.2, 0) is 6.42 Å². The summed E-state index contributed by atoms with van der Waals surface area (Å²) in [7, 11) is 5.62. The molecule has 1 saturated heterocycles. The highest BCUT2D eigenvalue weighted by Gasteiger charge is 2.46. The fourth-order valence-electron chi connectivity index (χ4n) is 5.52. The van der Waals surface area contributed by atoms with E-state index in [9.17, 15) is 0 Å². The molecule has 0 amide bonds. The van der Waals surface area contributed by atoms with E-state index in [2.05, 4.69) is 35.6 Å². The lowest BCUT2D eigenvalue weighted by Gasteiger charge is -2.42. The Labute approximate surface area is 220 Å². The van der Waals surface area contributed by atoms with Crippen molar-refractivity contribution in [3.63, 3.8) is 0 Å². The summed E-state index contributed by atoms with van der Waals surface area (Å²) in [4.78, 5) is 22.8. The molecule has 182 valence electrons. The monoisotopic (exact) mass is 516 g/mol. The standard InChI is InChI=1S/C25H26BClN8S/c1-15-20(36-18-4-8-30-22(19(18)27)32-14-26)23-31-9-12-35(23)24(33-15)34-10-5-25(6-11-34)13-17-16(21(25)28)3-2-7-29-17/h2-4,7-9,12,21H,5-6,10-11,13-14,28H2,1H3,(H,30,32)/t21-/m1/s1. The van der Waals surface area contributed by atoms with Crippen LogP contribution in [0.1, 0.15) is 35.8 Å². The molecule has 3 N–H and O–H groups in total. The molecule has 0 bridgehead atoms. The first-order valence-electron chi connectivity index (χ1n) is 12.0. The van der Waals surface area contributed by atoms with E-state index in [0.717, 1.165) is 65.1 Å². The number of hydrogen-bond acceptors (Lipinski definition) is 8. The van der Waals surface area contributed by atoms with Gasteiger partial charge in [0.1, 0.15) is 5.82 Å². The van der Waals surface area contributed by atoms with E-state index >= 15 is 0 Å². The van der Waals surface area contributed by atoms with Gasteiger partial charge in [-0.25, -0.2) is 15.0 Å². The molecule has 1 aliphatic heterocycles. The van der Waals surface area contributed by atoms with Gasteiger partial charge < -0.3 is 16.0 Å². The second kappa shape index (κ2) is 9.25. The number of aryl methyl sites for hydroxylation is 1. The van der Waals surface area contributed by atoms with Crippen LogP contribution in [0.15, 0.2) is 52.8 Å². The number of hydrogen-bond donors (Lipinski definition) is 2.